The third kappa shape index (κ3) is 4.04. The molecule has 1 aromatic carbocycles. The number of carboxylic acid groups (broad SMARTS) is 1. The second-order valence-corrected chi connectivity index (χ2v) is 7.15. The minimum absolute atomic E-state index is 0.0799. The van der Waals surface area contributed by atoms with E-state index in [-0.39, 0.29) is 12.6 Å². The third-order valence-electron chi connectivity index (χ3n) is 4.61. The van der Waals surface area contributed by atoms with Gasteiger partial charge in [-0.15, -0.1) is 0 Å². The van der Waals surface area contributed by atoms with Gasteiger partial charge in [-0.2, -0.15) is 5.10 Å². The summed E-state index contributed by atoms with van der Waals surface area (Å²) in [6.07, 6.45) is 6.48. The summed E-state index contributed by atoms with van der Waals surface area (Å²) < 4.78 is 7.57. The van der Waals surface area contributed by atoms with E-state index in [0.29, 0.717) is 21.3 Å². The first-order valence-electron chi connectivity index (χ1n) is 9.41. The number of rotatable bonds is 4. The number of hydrogen-bond donors (Lipinski definition) is 2. The van der Waals surface area contributed by atoms with Crippen LogP contribution in [0.25, 0.3) is 22.0 Å². The van der Waals surface area contributed by atoms with Gasteiger partial charge < -0.3 is 14.8 Å². The molecular formula is C20H23Cl2N3O3. The second kappa shape index (κ2) is 8.99. The Morgan fingerprint density at radius 2 is 2.14 bits per heavy atom. The molecule has 1 saturated heterocycles. The van der Waals surface area contributed by atoms with Crippen LogP contribution in [0.5, 0.6) is 0 Å². The van der Waals surface area contributed by atoms with Crippen LogP contribution in [-0.4, -0.2) is 32.4 Å². The van der Waals surface area contributed by atoms with Crippen LogP contribution in [0.2, 0.25) is 10.0 Å². The average molecular weight is 424 g/mol. The molecule has 0 aliphatic carbocycles. The highest BCUT2D eigenvalue weighted by molar-refractivity contribution is 6.45. The zero-order valence-corrected chi connectivity index (χ0v) is 17.3. The van der Waals surface area contributed by atoms with E-state index < -0.39 is 5.97 Å². The molecule has 0 radical (unpaired) electrons. The van der Waals surface area contributed by atoms with Crippen molar-refractivity contribution in [3.63, 3.8) is 0 Å². The molecule has 1 atom stereocenters. The Morgan fingerprint density at radius 3 is 2.82 bits per heavy atom. The minimum Gasteiger partial charge on any atom is -0.481 e. The molecule has 0 amide bonds. The number of ether oxygens (including phenoxy) is 1. The summed E-state index contributed by atoms with van der Waals surface area (Å²) in [7, 11) is 0. The van der Waals surface area contributed by atoms with E-state index in [1.165, 1.54) is 0 Å². The maximum Gasteiger partial charge on any atom is 0.309 e. The summed E-state index contributed by atoms with van der Waals surface area (Å²) in [5.41, 5.74) is 2.80. The van der Waals surface area contributed by atoms with Gasteiger partial charge >= 0.3 is 5.97 Å². The summed E-state index contributed by atoms with van der Waals surface area (Å²) in [4.78, 5) is 14.4. The number of aliphatic carboxylic acids is 1. The van der Waals surface area contributed by atoms with Crippen molar-refractivity contribution in [2.24, 2.45) is 0 Å². The summed E-state index contributed by atoms with van der Waals surface area (Å²) in [5, 5.41) is 15.3. The smallest absolute Gasteiger partial charge is 0.309 e. The van der Waals surface area contributed by atoms with Crippen LogP contribution in [0.3, 0.4) is 0 Å². The van der Waals surface area contributed by atoms with Crippen LogP contribution in [0, 0.1) is 0 Å². The highest BCUT2D eigenvalue weighted by Crippen LogP contribution is 2.39. The Bertz CT molecular complexity index is 975. The van der Waals surface area contributed by atoms with E-state index >= 15 is 0 Å². The van der Waals surface area contributed by atoms with E-state index in [9.17, 15) is 9.90 Å². The first-order chi connectivity index (χ1) is 13.5. The largest absolute Gasteiger partial charge is 0.481 e. The molecule has 0 bridgehead atoms. The van der Waals surface area contributed by atoms with E-state index in [2.05, 4.69) is 10.1 Å². The molecule has 3 aromatic rings. The van der Waals surface area contributed by atoms with E-state index in [1.807, 2.05) is 26.1 Å². The second-order valence-electron chi connectivity index (χ2n) is 6.36. The number of benzene rings is 1. The van der Waals surface area contributed by atoms with Gasteiger partial charge in [-0.05, 0) is 25.3 Å². The molecule has 3 heterocycles. The fourth-order valence-electron chi connectivity index (χ4n) is 3.43. The molecule has 1 aliphatic rings. The predicted molar refractivity (Wildman–Crippen MR) is 111 cm³/mol. The highest BCUT2D eigenvalue weighted by atomic mass is 35.5. The lowest BCUT2D eigenvalue weighted by Crippen LogP contribution is -2.18. The Balaban J connectivity index is 0.00000109. The van der Waals surface area contributed by atoms with Crippen LogP contribution >= 0.6 is 23.2 Å². The lowest BCUT2D eigenvalue weighted by atomic mass is 10.0. The van der Waals surface area contributed by atoms with Gasteiger partial charge in [0, 0.05) is 35.0 Å². The molecule has 0 spiro atoms. The molecule has 150 valence electrons. The van der Waals surface area contributed by atoms with Gasteiger partial charge in [0.05, 0.1) is 28.2 Å². The van der Waals surface area contributed by atoms with E-state index in [1.54, 1.807) is 16.9 Å². The SMILES string of the molecule is CC.O=C(O)Cc1[nH]c2c(Cl)c(Cl)ccc2c1-c1cnn(C2CCCCO2)c1. The number of halogens is 2. The Kier molecular flexibility index (Phi) is 6.65. The number of nitrogens with one attached hydrogen (secondary N) is 1. The van der Waals surface area contributed by atoms with Crippen molar-refractivity contribution >= 4 is 40.1 Å². The van der Waals surface area contributed by atoms with Crippen molar-refractivity contribution in [2.45, 2.75) is 45.8 Å². The van der Waals surface area contributed by atoms with Gasteiger partial charge in [-0.25, -0.2) is 4.68 Å². The molecule has 0 saturated carbocycles. The zero-order chi connectivity index (χ0) is 20.3. The Morgan fingerprint density at radius 1 is 1.36 bits per heavy atom. The molecule has 2 N–H and O–H groups in total. The van der Waals surface area contributed by atoms with Gasteiger partial charge in [0.15, 0.2) is 0 Å². The fourth-order valence-corrected chi connectivity index (χ4v) is 3.80. The summed E-state index contributed by atoms with van der Waals surface area (Å²) in [6, 6.07) is 3.55. The first-order valence-corrected chi connectivity index (χ1v) is 10.2. The van der Waals surface area contributed by atoms with Crippen molar-refractivity contribution in [1.29, 1.82) is 0 Å². The zero-order valence-electron chi connectivity index (χ0n) is 15.8. The van der Waals surface area contributed by atoms with Gasteiger partial charge in [0.1, 0.15) is 6.23 Å². The molecule has 1 fully saturated rings. The highest BCUT2D eigenvalue weighted by Gasteiger charge is 2.22. The number of carbonyl (C=O) groups is 1. The van der Waals surface area contributed by atoms with E-state index in [0.717, 1.165) is 42.4 Å². The standard InChI is InChI=1S/C18H17Cl2N3O3.C2H6/c19-12-5-4-11-16(13(7-15(24)25)22-18(11)17(12)20)10-8-21-23(9-10)14-3-1-2-6-26-14;1-2/h4-5,8-9,14,22H,1-3,6-7H2,(H,24,25);1-2H3. The van der Waals surface area contributed by atoms with E-state index in [4.69, 9.17) is 27.9 Å². The number of nitrogens with zero attached hydrogens (tertiary/aromatic N) is 2. The number of hydrogen-bond acceptors (Lipinski definition) is 3. The van der Waals surface area contributed by atoms with Crippen LogP contribution in [0.15, 0.2) is 24.5 Å². The van der Waals surface area contributed by atoms with Gasteiger partial charge in [-0.3, -0.25) is 4.79 Å². The molecule has 28 heavy (non-hydrogen) atoms. The van der Waals surface area contributed by atoms with Crippen LogP contribution in [0.1, 0.15) is 45.0 Å². The van der Waals surface area contributed by atoms with Crippen LogP contribution in [-0.2, 0) is 16.0 Å². The lowest BCUT2D eigenvalue weighted by molar-refractivity contribution is -0.136. The number of aromatic nitrogens is 3. The minimum atomic E-state index is -0.928. The number of fused-ring (bicyclic) bond motifs is 1. The summed E-state index contributed by atoms with van der Waals surface area (Å²) >= 11 is 12.4. The number of aromatic amines is 1. The average Bonchev–Trinajstić information content (AvgIpc) is 3.31. The quantitative estimate of drug-likeness (QED) is 0.564. The first kappa shape index (κ1) is 20.7. The molecule has 4 rings (SSSR count). The summed E-state index contributed by atoms with van der Waals surface area (Å²) in [6.45, 7) is 4.73. The van der Waals surface area contributed by atoms with Crippen LogP contribution in [0.4, 0.5) is 0 Å². The van der Waals surface area contributed by atoms with Crippen molar-refractivity contribution < 1.29 is 14.6 Å². The number of carboxylic acids is 1. The molecule has 1 aliphatic heterocycles. The van der Waals surface area contributed by atoms with Crippen molar-refractivity contribution in [2.75, 3.05) is 6.61 Å². The van der Waals surface area contributed by atoms with Crippen molar-refractivity contribution in [1.82, 2.24) is 14.8 Å². The predicted octanol–water partition coefficient (Wildman–Crippen LogP) is 5.69. The van der Waals surface area contributed by atoms with Crippen LogP contribution < -0.4 is 0 Å². The topological polar surface area (TPSA) is 80.1 Å². The number of H-pyrrole nitrogens is 1. The molecule has 8 heteroatoms. The Labute approximate surface area is 173 Å². The molecule has 2 aromatic heterocycles. The lowest BCUT2D eigenvalue weighted by Gasteiger charge is -2.22. The van der Waals surface area contributed by atoms with Gasteiger partial charge in [0.2, 0.25) is 0 Å². The Hall–Kier alpha value is -2.02. The molecule has 6 nitrogen and oxygen atoms in total. The fraction of sp³-hybridized carbons (Fsp3) is 0.400. The van der Waals surface area contributed by atoms with Crippen molar-refractivity contribution in [3.05, 3.63) is 40.3 Å². The van der Waals surface area contributed by atoms with Crippen molar-refractivity contribution in [3.8, 4) is 11.1 Å². The molecular weight excluding hydrogens is 401 g/mol. The maximum atomic E-state index is 11.3. The normalized spacial score (nSPS) is 16.6. The van der Waals surface area contributed by atoms with Gasteiger partial charge in [0.25, 0.3) is 0 Å². The monoisotopic (exact) mass is 423 g/mol. The maximum absolute atomic E-state index is 11.3. The molecule has 1 unspecified atom stereocenters. The van der Waals surface area contributed by atoms with Gasteiger partial charge in [-0.1, -0.05) is 43.1 Å². The summed E-state index contributed by atoms with van der Waals surface area (Å²) in [5.74, 6) is -0.928. The third-order valence-corrected chi connectivity index (χ3v) is 5.42.